The molecular weight excluding hydrogens is 473 g/mol. The molecule has 3 aromatic heterocycles. The molecule has 13 heteroatoms. The summed E-state index contributed by atoms with van der Waals surface area (Å²) in [5, 5.41) is 7.03. The van der Waals surface area contributed by atoms with Crippen molar-refractivity contribution in [3.8, 4) is 11.3 Å². The third-order valence-corrected chi connectivity index (χ3v) is 5.75. The Morgan fingerprint density at radius 2 is 1.97 bits per heavy atom. The molecule has 186 valence electrons. The van der Waals surface area contributed by atoms with Crippen LogP contribution in [0.4, 0.5) is 27.8 Å². The molecule has 0 unspecified atom stereocenters. The molecule has 1 amide bonds. The van der Waals surface area contributed by atoms with Gasteiger partial charge in [0.1, 0.15) is 5.82 Å². The number of carbonyl (C=O) groups is 1. The van der Waals surface area contributed by atoms with Crippen molar-refractivity contribution in [1.82, 2.24) is 29.6 Å². The van der Waals surface area contributed by atoms with Crippen molar-refractivity contribution in [2.45, 2.75) is 31.5 Å². The Hall–Kier alpha value is -3.64. The Bertz CT molecular complexity index is 1180. The van der Waals surface area contributed by atoms with Crippen LogP contribution in [0.3, 0.4) is 0 Å². The minimum absolute atomic E-state index is 0.0181. The maximum absolute atomic E-state index is 14.5. The van der Waals surface area contributed by atoms with Crippen LogP contribution in [0, 0.1) is 5.92 Å². The van der Waals surface area contributed by atoms with Crippen molar-refractivity contribution in [3.63, 3.8) is 0 Å². The lowest BCUT2D eigenvalue weighted by Crippen LogP contribution is -2.57. The van der Waals surface area contributed by atoms with Crippen molar-refractivity contribution in [2.75, 3.05) is 18.4 Å². The Kier molecular flexibility index (Phi) is 6.43. The molecule has 1 N–H and O–H groups in total. The van der Waals surface area contributed by atoms with Gasteiger partial charge in [-0.25, -0.2) is 18.7 Å². The summed E-state index contributed by atoms with van der Waals surface area (Å²) in [5.74, 6) is -4.40. The van der Waals surface area contributed by atoms with Gasteiger partial charge in [0.15, 0.2) is 11.4 Å². The second-order valence-electron chi connectivity index (χ2n) is 8.48. The number of nitrogens with zero attached hydrogens (tertiary/aromatic N) is 6. The Labute approximate surface area is 197 Å². The number of nitrogens with one attached hydrogen (secondary N) is 1. The fraction of sp³-hybridized carbons (Fsp3) is 0.409. The van der Waals surface area contributed by atoms with Gasteiger partial charge in [0.2, 0.25) is 0 Å². The molecule has 1 aliphatic heterocycles. The number of anilines is 1. The summed E-state index contributed by atoms with van der Waals surface area (Å²) >= 11 is 0. The molecule has 0 bridgehead atoms. The van der Waals surface area contributed by atoms with E-state index in [4.69, 9.17) is 0 Å². The molecule has 0 radical (unpaired) electrons. The highest BCUT2D eigenvalue weighted by Crippen LogP contribution is 2.36. The minimum atomic E-state index is -4.63. The SMILES string of the molecule is C[C@@H]1CC(F)(F)CN(C(=O)c2nn(C)cc2-c2ccccn2)[C@@H]1CNc1cnc(C(F)(F)F)cn1. The lowest BCUT2D eigenvalue weighted by atomic mass is 9.88. The zero-order chi connectivity index (χ0) is 25.4. The standard InChI is InChI=1S/C22H22F5N7O/c1-13-7-21(23,24)12-34(16(13)8-30-18-10-29-17(9-31-18)22(25,26)27)20(35)19-14(11-33(2)32-19)15-5-3-4-6-28-15/h3-6,9-11,13,16H,7-8,12H2,1-2H3,(H,30,31)/t13-,16-/m1/s1. The average molecular weight is 495 g/mol. The largest absolute Gasteiger partial charge is 0.434 e. The van der Waals surface area contributed by atoms with Crippen LogP contribution in [-0.4, -0.2) is 60.6 Å². The second-order valence-corrected chi connectivity index (χ2v) is 8.48. The first-order valence-electron chi connectivity index (χ1n) is 10.7. The molecule has 8 nitrogen and oxygen atoms in total. The monoisotopic (exact) mass is 495 g/mol. The summed E-state index contributed by atoms with van der Waals surface area (Å²) in [5.41, 5.74) is -0.298. The Morgan fingerprint density at radius 3 is 2.60 bits per heavy atom. The van der Waals surface area contributed by atoms with Gasteiger partial charge in [-0.3, -0.25) is 14.5 Å². The number of aromatic nitrogens is 5. The number of aryl methyl sites for hydroxylation is 1. The maximum atomic E-state index is 14.5. The summed E-state index contributed by atoms with van der Waals surface area (Å²) in [6.07, 6.45) is -0.452. The van der Waals surface area contributed by atoms with Crippen LogP contribution < -0.4 is 5.32 Å². The molecule has 1 aliphatic rings. The lowest BCUT2D eigenvalue weighted by molar-refractivity contribution is -0.141. The van der Waals surface area contributed by atoms with E-state index < -0.39 is 48.6 Å². The molecule has 35 heavy (non-hydrogen) atoms. The van der Waals surface area contributed by atoms with Crippen LogP contribution in [0.1, 0.15) is 29.5 Å². The molecular formula is C22H22F5N7O. The summed E-state index contributed by atoms with van der Waals surface area (Å²) in [7, 11) is 1.61. The van der Waals surface area contributed by atoms with E-state index in [1.54, 1.807) is 44.6 Å². The maximum Gasteiger partial charge on any atom is 0.434 e. The number of pyridine rings is 1. The molecule has 0 saturated carbocycles. The second kappa shape index (κ2) is 9.19. The normalized spacial score (nSPS) is 20.0. The quantitative estimate of drug-likeness (QED) is 0.541. The van der Waals surface area contributed by atoms with Gasteiger partial charge in [0.05, 0.1) is 36.2 Å². The van der Waals surface area contributed by atoms with Gasteiger partial charge in [-0.1, -0.05) is 13.0 Å². The molecule has 4 heterocycles. The van der Waals surface area contributed by atoms with E-state index in [0.717, 1.165) is 11.1 Å². The zero-order valence-electron chi connectivity index (χ0n) is 18.8. The van der Waals surface area contributed by atoms with Gasteiger partial charge < -0.3 is 10.2 Å². The average Bonchev–Trinajstić information content (AvgIpc) is 3.19. The van der Waals surface area contributed by atoms with Gasteiger partial charge in [-0.15, -0.1) is 0 Å². The number of hydrogen-bond donors (Lipinski definition) is 1. The number of likely N-dealkylation sites (tertiary alicyclic amines) is 1. The fourth-order valence-electron chi connectivity index (χ4n) is 4.15. The van der Waals surface area contributed by atoms with E-state index in [-0.39, 0.29) is 18.1 Å². The van der Waals surface area contributed by atoms with Gasteiger partial charge in [0.25, 0.3) is 11.8 Å². The van der Waals surface area contributed by atoms with E-state index in [2.05, 4.69) is 25.4 Å². The molecule has 1 saturated heterocycles. The molecule has 0 spiro atoms. The first-order chi connectivity index (χ1) is 16.4. The molecule has 0 aromatic carbocycles. The smallest absolute Gasteiger partial charge is 0.367 e. The number of carbonyl (C=O) groups excluding carboxylic acids is 1. The van der Waals surface area contributed by atoms with Crippen LogP contribution in [-0.2, 0) is 13.2 Å². The molecule has 3 aromatic rings. The van der Waals surface area contributed by atoms with Crippen molar-refractivity contribution < 1.29 is 26.7 Å². The highest BCUT2D eigenvalue weighted by molar-refractivity contribution is 5.98. The summed E-state index contributed by atoms with van der Waals surface area (Å²) in [4.78, 5) is 25.9. The van der Waals surface area contributed by atoms with Crippen molar-refractivity contribution in [1.29, 1.82) is 0 Å². The number of piperidine rings is 1. The Morgan fingerprint density at radius 1 is 1.20 bits per heavy atom. The van der Waals surface area contributed by atoms with Gasteiger partial charge in [0, 0.05) is 32.4 Å². The zero-order valence-corrected chi connectivity index (χ0v) is 18.8. The number of amides is 1. The lowest BCUT2D eigenvalue weighted by Gasteiger charge is -2.43. The van der Waals surface area contributed by atoms with Crippen LogP contribution >= 0.6 is 0 Å². The van der Waals surface area contributed by atoms with Crippen molar-refractivity contribution in [3.05, 3.63) is 54.4 Å². The highest BCUT2D eigenvalue weighted by Gasteiger charge is 2.47. The van der Waals surface area contributed by atoms with Crippen molar-refractivity contribution >= 4 is 11.7 Å². The first kappa shape index (κ1) is 24.5. The topological polar surface area (TPSA) is 88.8 Å². The fourth-order valence-corrected chi connectivity index (χ4v) is 4.15. The molecule has 1 fully saturated rings. The Balaban J connectivity index is 1.60. The number of hydrogen-bond acceptors (Lipinski definition) is 6. The van der Waals surface area contributed by atoms with E-state index in [1.165, 1.54) is 4.68 Å². The van der Waals surface area contributed by atoms with Gasteiger partial charge in [-0.2, -0.15) is 18.3 Å². The van der Waals surface area contributed by atoms with Gasteiger partial charge in [-0.05, 0) is 18.1 Å². The molecule has 0 aliphatic carbocycles. The summed E-state index contributed by atoms with van der Waals surface area (Å²) < 4.78 is 68.6. The van der Waals surface area contributed by atoms with E-state index in [1.807, 2.05) is 0 Å². The number of rotatable bonds is 5. The van der Waals surface area contributed by atoms with Crippen LogP contribution in [0.15, 0.2) is 43.0 Å². The molecule has 2 atom stereocenters. The third kappa shape index (κ3) is 5.38. The van der Waals surface area contributed by atoms with E-state index in [9.17, 15) is 26.7 Å². The van der Waals surface area contributed by atoms with Gasteiger partial charge >= 0.3 is 6.18 Å². The minimum Gasteiger partial charge on any atom is -0.367 e. The highest BCUT2D eigenvalue weighted by atomic mass is 19.4. The van der Waals surface area contributed by atoms with Crippen LogP contribution in [0.25, 0.3) is 11.3 Å². The number of halogens is 5. The molecule has 4 rings (SSSR count). The van der Waals surface area contributed by atoms with Crippen LogP contribution in [0.5, 0.6) is 0 Å². The summed E-state index contributed by atoms with van der Waals surface area (Å²) in [6, 6.07) is 4.42. The summed E-state index contributed by atoms with van der Waals surface area (Å²) in [6.45, 7) is 0.754. The predicted octanol–water partition coefficient (Wildman–Crippen LogP) is 3.89. The van der Waals surface area contributed by atoms with Crippen molar-refractivity contribution in [2.24, 2.45) is 13.0 Å². The predicted molar refractivity (Wildman–Crippen MR) is 116 cm³/mol. The van der Waals surface area contributed by atoms with E-state index in [0.29, 0.717) is 17.5 Å². The van der Waals surface area contributed by atoms with Crippen LogP contribution in [0.2, 0.25) is 0 Å². The third-order valence-electron chi connectivity index (χ3n) is 5.75. The number of alkyl halides is 5. The van der Waals surface area contributed by atoms with E-state index >= 15 is 0 Å². The first-order valence-corrected chi connectivity index (χ1v) is 10.7.